The Morgan fingerprint density at radius 3 is 2.86 bits per heavy atom. The van der Waals surface area contributed by atoms with E-state index in [1.807, 2.05) is 0 Å². The van der Waals surface area contributed by atoms with Gasteiger partial charge in [-0.1, -0.05) is 18.8 Å². The van der Waals surface area contributed by atoms with Crippen molar-refractivity contribution in [1.29, 1.82) is 0 Å². The molecule has 0 bridgehead atoms. The molecular weight excluding hydrogens is 176 g/mol. The molecule has 2 atom stereocenters. The first kappa shape index (κ1) is 11.1. The van der Waals surface area contributed by atoms with Crippen molar-refractivity contribution in [3.05, 3.63) is 0 Å². The summed E-state index contributed by atoms with van der Waals surface area (Å²) in [6, 6.07) is 0. The summed E-state index contributed by atoms with van der Waals surface area (Å²) in [5, 5.41) is 2.74. The summed E-state index contributed by atoms with van der Waals surface area (Å²) in [5.74, 6) is 2.92. The van der Waals surface area contributed by atoms with E-state index in [4.69, 9.17) is 12.2 Å². The number of rotatable bonds is 3. The van der Waals surface area contributed by atoms with Crippen molar-refractivity contribution in [3.8, 4) is 12.3 Å². The summed E-state index contributed by atoms with van der Waals surface area (Å²) in [6.07, 6.45) is 9.44. The van der Waals surface area contributed by atoms with E-state index in [0.29, 0.717) is 19.0 Å². The molecule has 3 N–H and O–H groups in total. The molecule has 0 saturated heterocycles. The molecule has 3 heteroatoms. The van der Waals surface area contributed by atoms with Gasteiger partial charge in [-0.25, -0.2) is 0 Å². The molecule has 1 saturated carbocycles. The number of carbonyl (C=O) groups is 1. The maximum atomic E-state index is 11.7. The molecule has 3 nitrogen and oxygen atoms in total. The highest BCUT2D eigenvalue weighted by molar-refractivity contribution is 5.79. The average Bonchev–Trinajstić information content (AvgIpc) is 2.25. The molecule has 0 spiro atoms. The molecule has 1 rings (SSSR count). The lowest BCUT2D eigenvalue weighted by molar-refractivity contribution is -0.127. The monoisotopic (exact) mass is 194 g/mol. The number of nitrogens with one attached hydrogen (secondary N) is 1. The van der Waals surface area contributed by atoms with E-state index >= 15 is 0 Å². The minimum atomic E-state index is 0.0816. The third-order valence-corrected chi connectivity index (χ3v) is 2.91. The van der Waals surface area contributed by atoms with Crippen LogP contribution >= 0.6 is 0 Å². The van der Waals surface area contributed by atoms with Crippen LogP contribution in [0.2, 0.25) is 0 Å². The Morgan fingerprint density at radius 1 is 1.50 bits per heavy atom. The van der Waals surface area contributed by atoms with E-state index < -0.39 is 0 Å². The second-order valence-corrected chi connectivity index (χ2v) is 3.81. The van der Waals surface area contributed by atoms with Gasteiger partial charge in [0, 0.05) is 5.92 Å². The second kappa shape index (κ2) is 5.66. The fourth-order valence-corrected chi connectivity index (χ4v) is 2.10. The highest BCUT2D eigenvalue weighted by Crippen LogP contribution is 2.29. The first-order valence-electron chi connectivity index (χ1n) is 5.20. The quantitative estimate of drug-likeness (QED) is 0.643. The molecule has 1 aliphatic carbocycles. The first-order chi connectivity index (χ1) is 6.79. The molecule has 14 heavy (non-hydrogen) atoms. The van der Waals surface area contributed by atoms with E-state index in [1.54, 1.807) is 0 Å². The van der Waals surface area contributed by atoms with Gasteiger partial charge >= 0.3 is 0 Å². The number of hydrogen-bond donors (Lipinski definition) is 2. The zero-order chi connectivity index (χ0) is 10.4. The lowest BCUT2D eigenvalue weighted by atomic mass is 9.79. The molecule has 0 aliphatic heterocycles. The zero-order valence-corrected chi connectivity index (χ0v) is 8.46. The van der Waals surface area contributed by atoms with Crippen LogP contribution in [0, 0.1) is 24.2 Å². The van der Waals surface area contributed by atoms with Gasteiger partial charge in [0.2, 0.25) is 5.91 Å². The van der Waals surface area contributed by atoms with Crippen LogP contribution in [-0.2, 0) is 4.79 Å². The Kier molecular flexibility index (Phi) is 4.48. The van der Waals surface area contributed by atoms with E-state index in [-0.39, 0.29) is 11.8 Å². The van der Waals surface area contributed by atoms with Crippen molar-refractivity contribution < 1.29 is 4.79 Å². The average molecular weight is 194 g/mol. The Labute approximate surface area is 85.4 Å². The summed E-state index contributed by atoms with van der Waals surface area (Å²) in [5.41, 5.74) is 5.64. The Balaban J connectivity index is 2.46. The molecule has 1 fully saturated rings. The topological polar surface area (TPSA) is 55.1 Å². The van der Waals surface area contributed by atoms with Crippen LogP contribution in [0.15, 0.2) is 0 Å². The van der Waals surface area contributed by atoms with E-state index in [9.17, 15) is 4.79 Å². The van der Waals surface area contributed by atoms with E-state index in [2.05, 4.69) is 11.2 Å². The number of amides is 1. The summed E-state index contributed by atoms with van der Waals surface area (Å²) in [4.78, 5) is 11.7. The summed E-state index contributed by atoms with van der Waals surface area (Å²) in [6.45, 7) is 0.931. The SMILES string of the molecule is C#CCNC(=O)C1CCCCC1CN. The molecule has 78 valence electrons. The largest absolute Gasteiger partial charge is 0.345 e. The molecule has 1 amide bonds. The lowest BCUT2D eigenvalue weighted by Crippen LogP contribution is -2.39. The van der Waals surface area contributed by atoms with Gasteiger partial charge in [-0.05, 0) is 25.3 Å². The maximum Gasteiger partial charge on any atom is 0.224 e. The third-order valence-electron chi connectivity index (χ3n) is 2.91. The second-order valence-electron chi connectivity index (χ2n) is 3.81. The van der Waals surface area contributed by atoms with Gasteiger partial charge < -0.3 is 11.1 Å². The Morgan fingerprint density at radius 2 is 2.21 bits per heavy atom. The van der Waals surface area contributed by atoms with Crippen molar-refractivity contribution in [2.45, 2.75) is 25.7 Å². The maximum absolute atomic E-state index is 11.7. The molecule has 0 radical (unpaired) electrons. The van der Waals surface area contributed by atoms with Crippen LogP contribution < -0.4 is 11.1 Å². The van der Waals surface area contributed by atoms with Crippen LogP contribution in [0.25, 0.3) is 0 Å². The predicted molar refractivity (Wildman–Crippen MR) is 56.3 cm³/mol. The molecule has 0 heterocycles. The number of carbonyl (C=O) groups excluding carboxylic acids is 1. The van der Waals surface area contributed by atoms with Crippen LogP contribution in [-0.4, -0.2) is 19.0 Å². The fraction of sp³-hybridized carbons (Fsp3) is 0.727. The number of nitrogens with two attached hydrogens (primary N) is 1. The van der Waals surface area contributed by atoms with Crippen LogP contribution in [0.1, 0.15) is 25.7 Å². The van der Waals surface area contributed by atoms with Gasteiger partial charge in [0.05, 0.1) is 6.54 Å². The van der Waals surface area contributed by atoms with Crippen LogP contribution in [0.5, 0.6) is 0 Å². The summed E-state index contributed by atoms with van der Waals surface area (Å²) < 4.78 is 0. The Bertz CT molecular complexity index is 232. The van der Waals surface area contributed by atoms with Gasteiger partial charge in [-0.3, -0.25) is 4.79 Å². The molecule has 0 aromatic carbocycles. The van der Waals surface area contributed by atoms with Crippen molar-refractivity contribution in [2.24, 2.45) is 17.6 Å². The molecule has 1 aliphatic rings. The first-order valence-corrected chi connectivity index (χ1v) is 5.20. The minimum Gasteiger partial charge on any atom is -0.345 e. The zero-order valence-electron chi connectivity index (χ0n) is 8.46. The minimum absolute atomic E-state index is 0.0816. The van der Waals surface area contributed by atoms with Crippen molar-refractivity contribution in [1.82, 2.24) is 5.32 Å². The van der Waals surface area contributed by atoms with Crippen molar-refractivity contribution in [2.75, 3.05) is 13.1 Å². The van der Waals surface area contributed by atoms with E-state index in [1.165, 1.54) is 6.42 Å². The molecular formula is C11H18N2O. The normalized spacial score (nSPS) is 26.6. The fourth-order valence-electron chi connectivity index (χ4n) is 2.10. The van der Waals surface area contributed by atoms with Gasteiger partial charge in [0.25, 0.3) is 0 Å². The Hall–Kier alpha value is -1.01. The number of hydrogen-bond acceptors (Lipinski definition) is 2. The standard InChI is InChI=1S/C11H18N2O/c1-2-7-13-11(14)10-6-4-3-5-9(10)8-12/h1,9-10H,3-8,12H2,(H,13,14). The highest BCUT2D eigenvalue weighted by atomic mass is 16.1. The predicted octanol–water partition coefficient (Wildman–Crippen LogP) is 0.501. The lowest BCUT2D eigenvalue weighted by Gasteiger charge is -2.29. The van der Waals surface area contributed by atoms with Gasteiger partial charge in [-0.15, -0.1) is 6.42 Å². The van der Waals surface area contributed by atoms with Gasteiger partial charge in [-0.2, -0.15) is 0 Å². The molecule has 2 unspecified atom stereocenters. The van der Waals surface area contributed by atoms with Crippen LogP contribution in [0.3, 0.4) is 0 Å². The smallest absolute Gasteiger partial charge is 0.224 e. The number of terminal acetylenes is 1. The summed E-state index contributed by atoms with van der Waals surface area (Å²) >= 11 is 0. The molecule has 0 aromatic heterocycles. The van der Waals surface area contributed by atoms with Crippen molar-refractivity contribution in [3.63, 3.8) is 0 Å². The summed E-state index contributed by atoms with van der Waals surface area (Å²) in [7, 11) is 0. The van der Waals surface area contributed by atoms with Crippen LogP contribution in [0.4, 0.5) is 0 Å². The highest BCUT2D eigenvalue weighted by Gasteiger charge is 2.29. The van der Waals surface area contributed by atoms with Gasteiger partial charge in [0.1, 0.15) is 0 Å². The van der Waals surface area contributed by atoms with Gasteiger partial charge in [0.15, 0.2) is 0 Å². The van der Waals surface area contributed by atoms with E-state index in [0.717, 1.165) is 19.3 Å². The molecule has 0 aromatic rings. The van der Waals surface area contributed by atoms with Crippen molar-refractivity contribution >= 4 is 5.91 Å². The third kappa shape index (κ3) is 2.74.